The van der Waals surface area contributed by atoms with Crippen molar-refractivity contribution in [2.45, 2.75) is 115 Å². The molecule has 142 valence electrons. The van der Waals surface area contributed by atoms with Gasteiger partial charge >= 0.3 is 0 Å². The van der Waals surface area contributed by atoms with Crippen LogP contribution in [0.4, 0.5) is 0 Å². The molecule has 26 heavy (non-hydrogen) atoms. The zero-order valence-corrected chi connectivity index (χ0v) is 17.0. The van der Waals surface area contributed by atoms with Crippen LogP contribution in [0.25, 0.3) is 0 Å². The summed E-state index contributed by atoms with van der Waals surface area (Å²) in [6.07, 6.45) is 23.9. The number of aryl methyl sites for hydroxylation is 2. The SMILES string of the molecule is CCCCCCCCCCC1=CC2CCCc3ccc4c(c32)C1CCC4. The maximum atomic E-state index is 2.74. The maximum Gasteiger partial charge on any atom is 0.00542 e. The average Bonchev–Trinajstić information content (AvgIpc) is 2.68. The van der Waals surface area contributed by atoms with E-state index >= 15 is 0 Å². The Hall–Kier alpha value is -1.04. The molecule has 0 fully saturated rings. The first kappa shape index (κ1) is 18.3. The number of hydrogen-bond acceptors (Lipinski definition) is 0. The minimum atomic E-state index is 0.757. The molecule has 0 heterocycles. The van der Waals surface area contributed by atoms with Crippen LogP contribution in [0.5, 0.6) is 0 Å². The van der Waals surface area contributed by atoms with Gasteiger partial charge in [0, 0.05) is 11.8 Å². The van der Waals surface area contributed by atoms with Gasteiger partial charge in [0.05, 0.1) is 0 Å². The van der Waals surface area contributed by atoms with Crippen molar-refractivity contribution in [1.82, 2.24) is 0 Å². The summed E-state index contributed by atoms with van der Waals surface area (Å²) in [4.78, 5) is 0. The van der Waals surface area contributed by atoms with Crippen LogP contribution in [0.2, 0.25) is 0 Å². The van der Waals surface area contributed by atoms with E-state index in [1.165, 1.54) is 96.3 Å². The summed E-state index contributed by atoms with van der Waals surface area (Å²) in [7, 11) is 0. The fourth-order valence-electron chi connectivity index (χ4n) is 5.94. The van der Waals surface area contributed by atoms with Gasteiger partial charge in [-0.15, -0.1) is 0 Å². The monoisotopic (exact) mass is 350 g/mol. The van der Waals surface area contributed by atoms with Gasteiger partial charge in [-0.05, 0) is 73.6 Å². The number of hydrogen-bond donors (Lipinski definition) is 0. The zero-order valence-electron chi connectivity index (χ0n) is 17.0. The molecule has 2 unspecified atom stereocenters. The second-order valence-electron chi connectivity index (χ2n) is 9.12. The van der Waals surface area contributed by atoms with Gasteiger partial charge in [-0.2, -0.15) is 0 Å². The highest BCUT2D eigenvalue weighted by atomic mass is 14.4. The molecule has 0 aromatic heterocycles. The third-order valence-electron chi connectivity index (χ3n) is 7.27. The van der Waals surface area contributed by atoms with Crippen molar-refractivity contribution in [2.24, 2.45) is 0 Å². The van der Waals surface area contributed by atoms with Gasteiger partial charge in [0.2, 0.25) is 0 Å². The Balaban J connectivity index is 1.37. The van der Waals surface area contributed by atoms with Gasteiger partial charge in [0.25, 0.3) is 0 Å². The van der Waals surface area contributed by atoms with E-state index in [4.69, 9.17) is 0 Å². The summed E-state index contributed by atoms with van der Waals surface area (Å²) < 4.78 is 0. The highest BCUT2D eigenvalue weighted by Gasteiger charge is 2.34. The van der Waals surface area contributed by atoms with Gasteiger partial charge in [-0.3, -0.25) is 0 Å². The smallest absolute Gasteiger partial charge is 0.00542 e. The van der Waals surface area contributed by atoms with Crippen LogP contribution in [-0.2, 0) is 12.8 Å². The second-order valence-corrected chi connectivity index (χ2v) is 9.12. The molecule has 0 aliphatic heterocycles. The fraction of sp³-hybridized carbons (Fsp3) is 0.692. The molecule has 0 heteroatoms. The number of benzene rings is 1. The molecule has 0 radical (unpaired) electrons. The third-order valence-corrected chi connectivity index (χ3v) is 7.27. The molecule has 0 saturated carbocycles. The molecular weight excluding hydrogens is 312 g/mol. The first-order chi connectivity index (χ1) is 12.9. The van der Waals surface area contributed by atoms with Crippen LogP contribution in [0.3, 0.4) is 0 Å². The van der Waals surface area contributed by atoms with Crippen LogP contribution >= 0.6 is 0 Å². The van der Waals surface area contributed by atoms with E-state index in [0.717, 1.165) is 11.8 Å². The van der Waals surface area contributed by atoms with E-state index in [1.807, 2.05) is 11.1 Å². The van der Waals surface area contributed by atoms with Crippen molar-refractivity contribution in [3.8, 4) is 0 Å². The molecule has 1 aromatic rings. The normalized spacial score (nSPS) is 23.5. The first-order valence-electron chi connectivity index (χ1n) is 11.7. The van der Waals surface area contributed by atoms with Crippen LogP contribution in [0.1, 0.15) is 124 Å². The number of unbranched alkanes of at least 4 members (excludes halogenated alkanes) is 7. The predicted octanol–water partition coefficient (Wildman–Crippen LogP) is 8.00. The maximum absolute atomic E-state index is 2.74. The van der Waals surface area contributed by atoms with E-state index in [2.05, 4.69) is 25.1 Å². The quantitative estimate of drug-likeness (QED) is 0.312. The average molecular weight is 351 g/mol. The van der Waals surface area contributed by atoms with E-state index < -0.39 is 0 Å². The fourth-order valence-corrected chi connectivity index (χ4v) is 5.94. The summed E-state index contributed by atoms with van der Waals surface area (Å²) in [6, 6.07) is 4.96. The Morgan fingerprint density at radius 3 is 2.19 bits per heavy atom. The van der Waals surface area contributed by atoms with Gasteiger partial charge in [-0.1, -0.05) is 75.7 Å². The highest BCUT2D eigenvalue weighted by molar-refractivity contribution is 5.54. The minimum absolute atomic E-state index is 0.757. The van der Waals surface area contributed by atoms with Crippen LogP contribution in [0, 0.1) is 0 Å². The number of allylic oxidation sites excluding steroid dienone is 2. The summed E-state index contributed by atoms with van der Waals surface area (Å²) in [6.45, 7) is 2.31. The molecule has 3 aliphatic rings. The van der Waals surface area contributed by atoms with Gasteiger partial charge < -0.3 is 0 Å². The Labute approximate surface area is 161 Å². The molecule has 0 saturated heterocycles. The van der Waals surface area contributed by atoms with Crippen molar-refractivity contribution >= 4 is 0 Å². The Morgan fingerprint density at radius 1 is 0.769 bits per heavy atom. The molecule has 2 atom stereocenters. The predicted molar refractivity (Wildman–Crippen MR) is 113 cm³/mol. The zero-order chi connectivity index (χ0) is 17.8. The summed E-state index contributed by atoms with van der Waals surface area (Å²) in [5.74, 6) is 1.54. The van der Waals surface area contributed by atoms with Crippen molar-refractivity contribution in [3.63, 3.8) is 0 Å². The van der Waals surface area contributed by atoms with Gasteiger partial charge in [0.1, 0.15) is 0 Å². The summed E-state index contributed by atoms with van der Waals surface area (Å²) in [5.41, 5.74) is 8.82. The second kappa shape index (κ2) is 8.77. The lowest BCUT2D eigenvalue weighted by Gasteiger charge is -2.40. The largest absolute Gasteiger partial charge is 0.0772 e. The molecule has 3 aliphatic carbocycles. The molecule has 0 nitrogen and oxygen atoms in total. The molecular formula is C26H38. The Kier molecular flexibility index (Phi) is 6.18. The molecule has 1 aromatic carbocycles. The topological polar surface area (TPSA) is 0 Å². The molecule has 0 amide bonds. The van der Waals surface area contributed by atoms with Crippen molar-refractivity contribution in [2.75, 3.05) is 0 Å². The van der Waals surface area contributed by atoms with Crippen molar-refractivity contribution < 1.29 is 0 Å². The lowest BCUT2D eigenvalue weighted by molar-refractivity contribution is 0.518. The van der Waals surface area contributed by atoms with Gasteiger partial charge in [0.15, 0.2) is 0 Å². The lowest BCUT2D eigenvalue weighted by atomic mass is 9.65. The lowest BCUT2D eigenvalue weighted by Crippen LogP contribution is -2.24. The molecule has 4 rings (SSSR count). The van der Waals surface area contributed by atoms with E-state index in [9.17, 15) is 0 Å². The van der Waals surface area contributed by atoms with E-state index in [1.54, 1.807) is 16.7 Å². The van der Waals surface area contributed by atoms with Crippen LogP contribution in [-0.4, -0.2) is 0 Å². The first-order valence-corrected chi connectivity index (χ1v) is 11.7. The van der Waals surface area contributed by atoms with Crippen LogP contribution < -0.4 is 0 Å². The van der Waals surface area contributed by atoms with E-state index in [-0.39, 0.29) is 0 Å². The van der Waals surface area contributed by atoms with Crippen molar-refractivity contribution in [1.29, 1.82) is 0 Å². The number of rotatable bonds is 9. The van der Waals surface area contributed by atoms with E-state index in [0.29, 0.717) is 0 Å². The summed E-state index contributed by atoms with van der Waals surface area (Å²) >= 11 is 0. The Bertz CT molecular complexity index is 636. The molecule has 0 N–H and O–H groups in total. The molecule has 0 spiro atoms. The summed E-state index contributed by atoms with van der Waals surface area (Å²) in [5, 5.41) is 0. The Morgan fingerprint density at radius 2 is 1.42 bits per heavy atom. The molecule has 0 bridgehead atoms. The van der Waals surface area contributed by atoms with Crippen molar-refractivity contribution in [3.05, 3.63) is 46.0 Å². The van der Waals surface area contributed by atoms with Gasteiger partial charge in [-0.25, -0.2) is 0 Å². The minimum Gasteiger partial charge on any atom is -0.0772 e. The third kappa shape index (κ3) is 3.80. The standard InChI is InChI=1S/C26H38/c1-2-3-4-5-6-7-8-9-12-22-19-23-15-10-13-20-17-18-21-14-11-16-24(22)26(21)25(20)23/h17-19,23-24H,2-16H2,1H3. The van der Waals surface area contributed by atoms with Crippen LogP contribution in [0.15, 0.2) is 23.8 Å². The highest BCUT2D eigenvalue weighted by Crippen LogP contribution is 2.50.